The van der Waals surface area contributed by atoms with Crippen molar-refractivity contribution in [2.24, 2.45) is 17.8 Å². The summed E-state index contributed by atoms with van der Waals surface area (Å²) in [6, 6.07) is 9.49. The van der Waals surface area contributed by atoms with Crippen LogP contribution in [0.4, 0.5) is 4.39 Å². The van der Waals surface area contributed by atoms with E-state index in [1.807, 2.05) is 19.1 Å². The molecule has 12 nitrogen and oxygen atoms in total. The molecule has 2 heterocycles. The lowest BCUT2D eigenvalue weighted by atomic mass is 9.93. The molecule has 14 heteroatoms. The Kier molecular flexibility index (Phi) is 9.23. The minimum Gasteiger partial charge on any atom is -0.496 e. The average molecular weight is 720 g/mol. The number of hydrogen-bond donors (Lipinski definition) is 2. The van der Waals surface area contributed by atoms with Crippen molar-refractivity contribution in [1.29, 1.82) is 0 Å². The summed E-state index contributed by atoms with van der Waals surface area (Å²) in [7, 11) is -0.569. The van der Waals surface area contributed by atoms with Crippen molar-refractivity contribution < 1.29 is 36.7 Å². The maximum Gasteiger partial charge on any atom is 0.259 e. The molecule has 1 aromatic heterocycles. The van der Waals surface area contributed by atoms with Crippen LogP contribution in [-0.2, 0) is 24.4 Å². The zero-order valence-corrected chi connectivity index (χ0v) is 29.7. The van der Waals surface area contributed by atoms with Crippen LogP contribution >= 0.6 is 0 Å². The first-order chi connectivity index (χ1) is 24.4. The van der Waals surface area contributed by atoms with E-state index in [2.05, 4.69) is 10.0 Å². The van der Waals surface area contributed by atoms with Crippen molar-refractivity contribution in [1.82, 2.24) is 24.9 Å². The Hall–Kier alpha value is -4.59. The monoisotopic (exact) mass is 719 g/mol. The van der Waals surface area contributed by atoms with Crippen molar-refractivity contribution in [3.05, 3.63) is 59.9 Å². The first-order valence-electron chi connectivity index (χ1n) is 17.5. The highest BCUT2D eigenvalue weighted by Crippen LogP contribution is 2.47. The zero-order valence-electron chi connectivity index (χ0n) is 28.9. The molecule has 270 valence electrons. The summed E-state index contributed by atoms with van der Waals surface area (Å²) in [6.45, 7) is 2.37. The molecule has 3 aliphatic carbocycles. The molecule has 0 radical (unpaired) electrons. The number of ether oxygens (including phenoxy) is 2. The van der Waals surface area contributed by atoms with Crippen LogP contribution in [0.15, 0.2) is 48.6 Å². The number of aryl methyl sites for hydroxylation is 1. The van der Waals surface area contributed by atoms with Gasteiger partial charge in [0.05, 0.1) is 35.1 Å². The van der Waals surface area contributed by atoms with Gasteiger partial charge in [0.2, 0.25) is 27.7 Å². The van der Waals surface area contributed by atoms with E-state index < -0.39 is 56.4 Å². The van der Waals surface area contributed by atoms with Crippen LogP contribution in [0, 0.1) is 30.5 Å². The summed E-state index contributed by atoms with van der Waals surface area (Å²) in [4.78, 5) is 52.8. The van der Waals surface area contributed by atoms with Gasteiger partial charge >= 0.3 is 0 Å². The molecule has 0 saturated heterocycles. The molecule has 51 heavy (non-hydrogen) atoms. The highest BCUT2D eigenvalue weighted by atomic mass is 32.2. The molecule has 7 rings (SSSR count). The largest absolute Gasteiger partial charge is 0.496 e. The average Bonchev–Trinajstić information content (AvgIpc) is 4.03. The SMILES string of the molecule is COc1ccc2c(O[C@@H]3C[C@H]4C(=O)N[C@]5(C(=O)NS(=O)(=O)C6CC6)C[C@@H]5/C=C\CCCCN(C)C(=O)[C@@H]4C3)nc(-c3cccc(F)c3)nc2c1C. The van der Waals surface area contributed by atoms with Crippen LogP contribution in [0.3, 0.4) is 0 Å². The fraction of sp³-hybridized carbons (Fsp3) is 0.486. The fourth-order valence-electron chi connectivity index (χ4n) is 7.40. The number of halogens is 1. The number of amides is 3. The molecule has 4 aliphatic rings. The van der Waals surface area contributed by atoms with Crippen molar-refractivity contribution in [2.45, 2.75) is 75.2 Å². The van der Waals surface area contributed by atoms with E-state index in [9.17, 15) is 27.2 Å². The standard InChI is InChI=1S/C37H42FN5O7S/c1-21-30(49-3)15-14-27-31(21)39-32(22-9-8-11-24(38)17-22)40-34(27)50-25-18-28-29(19-25)35(45)43(2)16-7-5-4-6-10-23-20-37(23,41-33(28)44)36(46)42-51(47,48)26-12-13-26/h6,8-11,14-15,17,23,25-26,28-29H,4-5,7,12-13,16,18-20H2,1-3H3,(H,41,44)(H,42,46)/b10-6-/t23-,25+,28+,29+,37+/m0/s1. The topological polar surface area (TPSA) is 157 Å². The number of fused-ring (bicyclic) bond motifs is 3. The summed E-state index contributed by atoms with van der Waals surface area (Å²) < 4.78 is 54.1. The van der Waals surface area contributed by atoms with Crippen LogP contribution in [-0.4, -0.2) is 78.6 Å². The number of nitrogens with one attached hydrogen (secondary N) is 2. The van der Waals surface area contributed by atoms with Crippen LogP contribution < -0.4 is 19.5 Å². The Morgan fingerprint density at radius 1 is 1.10 bits per heavy atom. The second kappa shape index (κ2) is 13.5. The van der Waals surface area contributed by atoms with Gasteiger partial charge in [0, 0.05) is 30.6 Å². The second-order valence-electron chi connectivity index (χ2n) is 14.2. The summed E-state index contributed by atoms with van der Waals surface area (Å²) in [5, 5.41) is 2.89. The number of nitrogens with zero attached hydrogens (tertiary/aromatic N) is 3. The molecule has 0 bridgehead atoms. The molecular formula is C37H42FN5O7S. The summed E-state index contributed by atoms with van der Waals surface area (Å²) in [5.41, 5.74) is 0.291. The lowest BCUT2D eigenvalue weighted by Gasteiger charge is -2.26. The van der Waals surface area contributed by atoms with Gasteiger partial charge in [0.15, 0.2) is 5.82 Å². The predicted molar refractivity (Wildman–Crippen MR) is 187 cm³/mol. The summed E-state index contributed by atoms with van der Waals surface area (Å²) in [6.07, 6.45) is 7.09. The van der Waals surface area contributed by atoms with E-state index >= 15 is 0 Å². The molecule has 3 saturated carbocycles. The highest BCUT2D eigenvalue weighted by Gasteiger charge is 2.62. The third-order valence-electron chi connectivity index (χ3n) is 10.6. The lowest BCUT2D eigenvalue weighted by Crippen LogP contribution is -2.54. The Labute approximate surface area is 296 Å². The molecule has 1 aliphatic heterocycles. The quantitative estimate of drug-likeness (QED) is 0.342. The molecule has 2 N–H and O–H groups in total. The third kappa shape index (κ3) is 6.89. The van der Waals surface area contributed by atoms with Crippen LogP contribution in [0.1, 0.15) is 56.9 Å². The maximum atomic E-state index is 14.3. The number of sulfonamides is 1. The maximum absolute atomic E-state index is 14.3. The Morgan fingerprint density at radius 3 is 2.63 bits per heavy atom. The van der Waals surface area contributed by atoms with E-state index in [1.54, 1.807) is 43.3 Å². The molecule has 3 amide bonds. The number of carbonyl (C=O) groups is 3. The Morgan fingerprint density at radius 2 is 1.88 bits per heavy atom. The van der Waals surface area contributed by atoms with E-state index in [0.717, 1.165) is 24.8 Å². The number of hydrogen-bond acceptors (Lipinski definition) is 9. The predicted octanol–water partition coefficient (Wildman–Crippen LogP) is 4.21. The van der Waals surface area contributed by atoms with Gasteiger partial charge in [-0.3, -0.25) is 19.1 Å². The highest BCUT2D eigenvalue weighted by molar-refractivity contribution is 7.91. The molecule has 3 fully saturated rings. The number of carbonyl (C=O) groups excluding carboxylic acids is 3. The van der Waals surface area contributed by atoms with Crippen molar-refractivity contribution in [3.8, 4) is 23.0 Å². The Bertz CT molecular complexity index is 2040. The number of allylic oxidation sites excluding steroid dienone is 1. The first-order valence-corrected chi connectivity index (χ1v) is 19.0. The van der Waals surface area contributed by atoms with Gasteiger partial charge in [-0.15, -0.1) is 0 Å². The summed E-state index contributed by atoms with van der Waals surface area (Å²) >= 11 is 0. The third-order valence-corrected chi connectivity index (χ3v) is 12.4. The normalized spacial score (nSPS) is 27.5. The molecule has 3 aromatic rings. The van der Waals surface area contributed by atoms with Gasteiger partial charge in [-0.2, -0.15) is 4.98 Å². The van der Waals surface area contributed by atoms with Crippen LogP contribution in [0.5, 0.6) is 11.6 Å². The van der Waals surface area contributed by atoms with Gasteiger partial charge in [-0.05, 0) is 82.6 Å². The van der Waals surface area contributed by atoms with E-state index in [1.165, 1.54) is 12.1 Å². The zero-order chi connectivity index (χ0) is 36.1. The van der Waals surface area contributed by atoms with Crippen LogP contribution in [0.2, 0.25) is 0 Å². The summed E-state index contributed by atoms with van der Waals surface area (Å²) in [5.74, 6) is -2.85. The van der Waals surface area contributed by atoms with E-state index in [-0.39, 0.29) is 42.8 Å². The minimum atomic E-state index is -3.85. The van der Waals surface area contributed by atoms with Gasteiger partial charge in [-0.1, -0.05) is 24.3 Å². The van der Waals surface area contributed by atoms with Gasteiger partial charge < -0.3 is 19.7 Å². The van der Waals surface area contributed by atoms with E-state index in [0.29, 0.717) is 41.6 Å². The molecule has 5 atom stereocenters. The lowest BCUT2D eigenvalue weighted by molar-refractivity contribution is -0.140. The number of aromatic nitrogens is 2. The molecule has 0 spiro atoms. The van der Waals surface area contributed by atoms with Crippen LogP contribution in [0.25, 0.3) is 22.3 Å². The number of methoxy groups -OCH3 is 1. The fourth-order valence-corrected chi connectivity index (χ4v) is 8.77. The van der Waals surface area contributed by atoms with Crippen molar-refractivity contribution in [2.75, 3.05) is 20.7 Å². The molecular weight excluding hydrogens is 678 g/mol. The van der Waals surface area contributed by atoms with Crippen molar-refractivity contribution >= 4 is 38.6 Å². The molecule has 0 unspecified atom stereocenters. The van der Waals surface area contributed by atoms with Gasteiger partial charge in [0.1, 0.15) is 23.2 Å². The molecule has 2 aromatic carbocycles. The van der Waals surface area contributed by atoms with Gasteiger partial charge in [-0.25, -0.2) is 17.8 Å². The van der Waals surface area contributed by atoms with Gasteiger partial charge in [0.25, 0.3) is 5.91 Å². The Balaban J connectivity index is 1.21. The first kappa shape index (κ1) is 34.8. The van der Waals surface area contributed by atoms with Crippen molar-refractivity contribution in [3.63, 3.8) is 0 Å². The number of benzene rings is 2. The smallest absolute Gasteiger partial charge is 0.259 e. The minimum absolute atomic E-state index is 0.143. The number of rotatable bonds is 7. The second-order valence-corrected chi connectivity index (χ2v) is 16.2. The van der Waals surface area contributed by atoms with E-state index in [4.69, 9.17) is 19.4 Å².